The van der Waals surface area contributed by atoms with Crippen LogP contribution in [-0.2, 0) is 6.61 Å². The molecule has 120 valence electrons. The Hall–Kier alpha value is -2.82. The van der Waals surface area contributed by atoms with Gasteiger partial charge in [0.15, 0.2) is 6.61 Å². The summed E-state index contributed by atoms with van der Waals surface area (Å²) in [5, 5.41) is 7.35. The maximum absolute atomic E-state index is 5.78. The lowest BCUT2D eigenvalue weighted by Gasteiger charge is -2.08. The largest absolute Gasteiger partial charge is 0.484 e. The molecule has 5 heteroatoms. The first-order chi connectivity index (χ1) is 11.3. The predicted octanol–water partition coefficient (Wildman–Crippen LogP) is 4.78. The fourth-order valence-electron chi connectivity index (χ4n) is 1.77. The van der Waals surface area contributed by atoms with Gasteiger partial charge in [-0.25, -0.2) is 0 Å². The Bertz CT molecular complexity index is 695. The van der Waals surface area contributed by atoms with E-state index in [0.717, 1.165) is 5.75 Å². The van der Waals surface area contributed by atoms with Crippen molar-refractivity contribution in [2.24, 2.45) is 0 Å². The van der Waals surface area contributed by atoms with Crippen molar-refractivity contribution < 1.29 is 13.9 Å². The molecule has 5 nitrogen and oxygen atoms in total. The summed E-state index contributed by atoms with van der Waals surface area (Å²) in [5.74, 6) is 2.61. The molecule has 0 spiro atoms. The summed E-state index contributed by atoms with van der Waals surface area (Å²) >= 11 is 0. The maximum atomic E-state index is 5.78. The Labute approximate surface area is 135 Å². The van der Waals surface area contributed by atoms with Crippen molar-refractivity contribution in [3.05, 3.63) is 66.4 Å². The first-order valence-corrected chi connectivity index (χ1v) is 7.52. The Morgan fingerprint density at radius 2 is 1.70 bits per heavy atom. The lowest BCUT2D eigenvalue weighted by molar-refractivity contribution is 0.262. The first kappa shape index (κ1) is 16.5. The number of nitrogens with zero attached hydrogens (tertiary/aromatic N) is 2. The van der Waals surface area contributed by atoms with Gasteiger partial charge in [0.05, 0.1) is 0 Å². The summed E-state index contributed by atoms with van der Waals surface area (Å²) in [4.78, 5) is 0. The standard InChI is InChI=1S/C16H14N2O3.C2H6/c1-12-5-7-13(8-6-12)21-15-4-2-3-14(9-15)19-10-16-18-17-11-20-16;1-2/h2-9,11H,10H2,1H3;1-2H3. The van der Waals surface area contributed by atoms with Crippen LogP contribution in [0.3, 0.4) is 0 Å². The van der Waals surface area contributed by atoms with E-state index in [1.54, 1.807) is 0 Å². The van der Waals surface area contributed by atoms with Crippen LogP contribution in [-0.4, -0.2) is 10.2 Å². The molecule has 1 aromatic heterocycles. The van der Waals surface area contributed by atoms with Gasteiger partial charge in [0.2, 0.25) is 6.39 Å². The summed E-state index contributed by atoms with van der Waals surface area (Å²) in [6.45, 7) is 6.27. The third-order valence-corrected chi connectivity index (χ3v) is 2.83. The molecule has 0 bridgehead atoms. The highest BCUT2D eigenvalue weighted by Crippen LogP contribution is 2.25. The van der Waals surface area contributed by atoms with Crippen LogP contribution in [0.25, 0.3) is 0 Å². The van der Waals surface area contributed by atoms with E-state index in [0.29, 0.717) is 17.4 Å². The smallest absolute Gasteiger partial charge is 0.253 e. The van der Waals surface area contributed by atoms with Gasteiger partial charge in [-0.15, -0.1) is 10.2 Å². The highest BCUT2D eigenvalue weighted by Gasteiger charge is 2.03. The number of benzene rings is 2. The van der Waals surface area contributed by atoms with Crippen molar-refractivity contribution in [1.29, 1.82) is 0 Å². The van der Waals surface area contributed by atoms with Crippen LogP contribution in [0.5, 0.6) is 17.2 Å². The molecule has 0 atom stereocenters. The van der Waals surface area contributed by atoms with Gasteiger partial charge in [0.25, 0.3) is 5.89 Å². The van der Waals surface area contributed by atoms with Gasteiger partial charge in [-0.05, 0) is 31.2 Å². The minimum atomic E-state index is 0.230. The third-order valence-electron chi connectivity index (χ3n) is 2.83. The van der Waals surface area contributed by atoms with Crippen LogP contribution in [0.4, 0.5) is 0 Å². The number of aryl methyl sites for hydroxylation is 1. The van der Waals surface area contributed by atoms with Crippen LogP contribution in [0.2, 0.25) is 0 Å². The molecule has 0 saturated heterocycles. The van der Waals surface area contributed by atoms with Gasteiger partial charge < -0.3 is 13.9 Å². The zero-order chi connectivity index (χ0) is 16.5. The second-order valence-corrected chi connectivity index (χ2v) is 4.51. The number of ether oxygens (including phenoxy) is 2. The molecular formula is C18H20N2O3. The summed E-state index contributed by atoms with van der Waals surface area (Å²) in [5.41, 5.74) is 1.19. The molecule has 0 N–H and O–H groups in total. The van der Waals surface area contributed by atoms with Crippen molar-refractivity contribution in [3.63, 3.8) is 0 Å². The van der Waals surface area contributed by atoms with E-state index in [2.05, 4.69) is 10.2 Å². The summed E-state index contributed by atoms with van der Waals surface area (Å²) in [6.07, 6.45) is 1.27. The number of aromatic nitrogens is 2. The van der Waals surface area contributed by atoms with Gasteiger partial charge >= 0.3 is 0 Å². The fraction of sp³-hybridized carbons (Fsp3) is 0.222. The Balaban J connectivity index is 0.000000924. The maximum Gasteiger partial charge on any atom is 0.253 e. The molecule has 0 aliphatic heterocycles. The Morgan fingerprint density at radius 3 is 2.39 bits per heavy atom. The Morgan fingerprint density at radius 1 is 0.957 bits per heavy atom. The summed E-state index contributed by atoms with van der Waals surface area (Å²) < 4.78 is 16.4. The van der Waals surface area contributed by atoms with Crippen molar-refractivity contribution >= 4 is 0 Å². The SMILES string of the molecule is CC.Cc1ccc(Oc2cccc(OCc3nnco3)c2)cc1. The molecule has 3 rings (SSSR count). The topological polar surface area (TPSA) is 57.4 Å². The average molecular weight is 312 g/mol. The van der Waals surface area contributed by atoms with Crippen LogP contribution < -0.4 is 9.47 Å². The zero-order valence-electron chi connectivity index (χ0n) is 13.5. The van der Waals surface area contributed by atoms with E-state index >= 15 is 0 Å². The highest BCUT2D eigenvalue weighted by atomic mass is 16.5. The molecule has 0 saturated carbocycles. The zero-order valence-corrected chi connectivity index (χ0v) is 13.5. The molecular weight excluding hydrogens is 292 g/mol. The van der Waals surface area contributed by atoms with Gasteiger partial charge in [-0.2, -0.15) is 0 Å². The molecule has 23 heavy (non-hydrogen) atoms. The second-order valence-electron chi connectivity index (χ2n) is 4.51. The molecule has 0 aliphatic carbocycles. The van der Waals surface area contributed by atoms with E-state index in [4.69, 9.17) is 13.9 Å². The average Bonchev–Trinajstić information content (AvgIpc) is 3.11. The van der Waals surface area contributed by atoms with Gasteiger partial charge in [-0.3, -0.25) is 0 Å². The molecule has 0 amide bonds. The third kappa shape index (κ3) is 5.14. The van der Waals surface area contributed by atoms with Crippen molar-refractivity contribution in [2.45, 2.75) is 27.4 Å². The van der Waals surface area contributed by atoms with E-state index in [1.165, 1.54) is 12.0 Å². The minimum absolute atomic E-state index is 0.230. The summed E-state index contributed by atoms with van der Waals surface area (Å²) in [6, 6.07) is 15.3. The van der Waals surface area contributed by atoms with Crippen LogP contribution in [0, 0.1) is 6.92 Å². The number of rotatable bonds is 5. The van der Waals surface area contributed by atoms with Crippen LogP contribution >= 0.6 is 0 Å². The predicted molar refractivity (Wildman–Crippen MR) is 87.7 cm³/mol. The lowest BCUT2D eigenvalue weighted by Crippen LogP contribution is -1.96. The fourth-order valence-corrected chi connectivity index (χ4v) is 1.77. The van der Waals surface area contributed by atoms with Gasteiger partial charge in [0, 0.05) is 6.07 Å². The first-order valence-electron chi connectivity index (χ1n) is 7.52. The Kier molecular flexibility index (Phi) is 6.17. The normalized spacial score (nSPS) is 9.70. The van der Waals surface area contributed by atoms with E-state index in [9.17, 15) is 0 Å². The molecule has 0 aliphatic rings. The van der Waals surface area contributed by atoms with E-state index in [1.807, 2.05) is 69.3 Å². The quantitative estimate of drug-likeness (QED) is 0.679. The number of hydrogen-bond acceptors (Lipinski definition) is 5. The van der Waals surface area contributed by atoms with Gasteiger partial charge in [0.1, 0.15) is 17.2 Å². The molecule has 0 unspecified atom stereocenters. The van der Waals surface area contributed by atoms with Crippen LogP contribution in [0.1, 0.15) is 25.3 Å². The minimum Gasteiger partial charge on any atom is -0.484 e. The van der Waals surface area contributed by atoms with E-state index in [-0.39, 0.29) is 6.61 Å². The molecule has 3 aromatic rings. The van der Waals surface area contributed by atoms with Crippen molar-refractivity contribution in [1.82, 2.24) is 10.2 Å². The lowest BCUT2D eigenvalue weighted by atomic mass is 10.2. The highest BCUT2D eigenvalue weighted by molar-refractivity contribution is 5.37. The van der Waals surface area contributed by atoms with Crippen molar-refractivity contribution in [3.8, 4) is 17.2 Å². The monoisotopic (exact) mass is 312 g/mol. The second kappa shape index (κ2) is 8.58. The summed E-state index contributed by atoms with van der Waals surface area (Å²) in [7, 11) is 0. The molecule has 2 aromatic carbocycles. The van der Waals surface area contributed by atoms with Gasteiger partial charge in [-0.1, -0.05) is 37.6 Å². The number of hydrogen-bond donors (Lipinski definition) is 0. The molecule has 0 radical (unpaired) electrons. The molecule has 1 heterocycles. The molecule has 0 fully saturated rings. The van der Waals surface area contributed by atoms with E-state index < -0.39 is 0 Å². The van der Waals surface area contributed by atoms with Crippen molar-refractivity contribution in [2.75, 3.05) is 0 Å². The van der Waals surface area contributed by atoms with Crippen LogP contribution in [0.15, 0.2) is 59.3 Å².